The third-order valence-electron chi connectivity index (χ3n) is 6.32. The summed E-state index contributed by atoms with van der Waals surface area (Å²) in [6.07, 6.45) is 1.44. The van der Waals surface area contributed by atoms with E-state index in [4.69, 9.17) is 16.3 Å². The molecule has 0 aliphatic carbocycles. The molecular formula is C23H28ClFN4O3S. The Balaban J connectivity index is 1.31. The molecule has 0 radical (unpaired) electrons. The van der Waals surface area contributed by atoms with Crippen LogP contribution in [-0.2, 0) is 4.74 Å². The number of likely N-dealkylation sites (tertiary alicyclic amines) is 1. The maximum atomic E-state index is 14.1. The molecule has 0 bridgehead atoms. The molecule has 178 valence electrons. The molecule has 2 fully saturated rings. The Hall–Kier alpha value is -2.07. The number of nitrogens with zero attached hydrogens (tertiary/aromatic N) is 4. The van der Waals surface area contributed by atoms with Crippen molar-refractivity contribution in [3.05, 3.63) is 50.7 Å². The van der Waals surface area contributed by atoms with Crippen LogP contribution in [0.1, 0.15) is 44.6 Å². The van der Waals surface area contributed by atoms with Crippen LogP contribution in [-0.4, -0.2) is 91.0 Å². The first-order valence-corrected chi connectivity index (χ1v) is 12.4. The van der Waals surface area contributed by atoms with Gasteiger partial charge in [-0.05, 0) is 25.0 Å². The van der Waals surface area contributed by atoms with Crippen LogP contribution >= 0.6 is 22.9 Å². The Morgan fingerprint density at radius 1 is 1.12 bits per heavy atom. The van der Waals surface area contributed by atoms with Gasteiger partial charge in [0.2, 0.25) is 0 Å². The predicted molar refractivity (Wildman–Crippen MR) is 126 cm³/mol. The van der Waals surface area contributed by atoms with Crippen LogP contribution in [0, 0.1) is 5.82 Å². The Bertz CT molecular complexity index is 968. The monoisotopic (exact) mass is 494 g/mol. The van der Waals surface area contributed by atoms with Crippen molar-refractivity contribution < 1.29 is 18.7 Å². The van der Waals surface area contributed by atoms with Crippen molar-refractivity contribution in [2.45, 2.75) is 18.8 Å². The number of piperidine rings is 1. The molecular weight excluding hydrogens is 467 g/mol. The molecule has 33 heavy (non-hydrogen) atoms. The lowest BCUT2D eigenvalue weighted by Gasteiger charge is -2.34. The first-order valence-electron chi connectivity index (χ1n) is 11.2. The topological polar surface area (TPSA) is 66.0 Å². The molecule has 2 saturated heterocycles. The Morgan fingerprint density at radius 3 is 2.48 bits per heavy atom. The molecule has 7 nitrogen and oxygen atoms in total. The van der Waals surface area contributed by atoms with Gasteiger partial charge in [0.25, 0.3) is 11.8 Å². The van der Waals surface area contributed by atoms with E-state index in [0.717, 1.165) is 37.5 Å². The number of rotatable bonds is 6. The number of methoxy groups -OCH3 is 1. The van der Waals surface area contributed by atoms with Crippen LogP contribution in [0.2, 0.25) is 5.02 Å². The zero-order chi connectivity index (χ0) is 23.4. The van der Waals surface area contributed by atoms with E-state index in [1.54, 1.807) is 12.0 Å². The fraction of sp³-hybridized carbons (Fsp3) is 0.522. The number of piperazine rings is 1. The lowest BCUT2D eigenvalue weighted by Crippen LogP contribution is -2.49. The van der Waals surface area contributed by atoms with E-state index in [2.05, 4.69) is 9.88 Å². The maximum Gasteiger partial charge on any atom is 0.273 e. The van der Waals surface area contributed by atoms with Crippen molar-refractivity contribution >= 4 is 34.8 Å². The number of aromatic nitrogens is 1. The Kier molecular flexibility index (Phi) is 7.95. The predicted octanol–water partition coefficient (Wildman–Crippen LogP) is 3.36. The molecule has 4 rings (SSSR count). The Morgan fingerprint density at radius 2 is 1.82 bits per heavy atom. The number of hydrogen-bond donors (Lipinski definition) is 0. The molecule has 1 aromatic carbocycles. The van der Waals surface area contributed by atoms with Gasteiger partial charge in [0.05, 0.1) is 22.2 Å². The van der Waals surface area contributed by atoms with Crippen LogP contribution in [0.15, 0.2) is 23.6 Å². The second kappa shape index (κ2) is 10.9. The van der Waals surface area contributed by atoms with Crippen molar-refractivity contribution in [1.29, 1.82) is 0 Å². The number of thiazole rings is 1. The van der Waals surface area contributed by atoms with E-state index < -0.39 is 5.82 Å². The molecule has 0 spiro atoms. The summed E-state index contributed by atoms with van der Waals surface area (Å²) in [5.74, 6) is -0.818. The zero-order valence-electron chi connectivity index (χ0n) is 18.6. The van der Waals surface area contributed by atoms with Gasteiger partial charge in [-0.3, -0.25) is 14.5 Å². The van der Waals surface area contributed by atoms with E-state index in [1.165, 1.54) is 29.5 Å². The van der Waals surface area contributed by atoms with Crippen molar-refractivity contribution in [1.82, 2.24) is 19.7 Å². The highest BCUT2D eigenvalue weighted by molar-refractivity contribution is 7.09. The number of carbonyl (C=O) groups is 2. The normalized spacial score (nSPS) is 18.0. The average molecular weight is 495 g/mol. The van der Waals surface area contributed by atoms with Crippen LogP contribution in [0.25, 0.3) is 0 Å². The molecule has 3 heterocycles. The summed E-state index contributed by atoms with van der Waals surface area (Å²) in [7, 11) is 1.69. The highest BCUT2D eigenvalue weighted by Crippen LogP contribution is 2.32. The Labute approximate surface area is 202 Å². The van der Waals surface area contributed by atoms with Crippen molar-refractivity contribution in [2.75, 3.05) is 59.5 Å². The third-order valence-corrected chi connectivity index (χ3v) is 7.64. The largest absolute Gasteiger partial charge is 0.383 e. The van der Waals surface area contributed by atoms with E-state index in [-0.39, 0.29) is 28.3 Å². The lowest BCUT2D eigenvalue weighted by molar-refractivity contribution is 0.0589. The number of ether oxygens (including phenoxy) is 1. The van der Waals surface area contributed by atoms with Gasteiger partial charge >= 0.3 is 0 Å². The highest BCUT2D eigenvalue weighted by atomic mass is 35.5. The molecule has 1 aromatic heterocycles. The van der Waals surface area contributed by atoms with Gasteiger partial charge in [0, 0.05) is 64.2 Å². The highest BCUT2D eigenvalue weighted by Gasteiger charge is 2.30. The number of hydrogen-bond acceptors (Lipinski definition) is 6. The van der Waals surface area contributed by atoms with Gasteiger partial charge in [0.1, 0.15) is 11.5 Å². The van der Waals surface area contributed by atoms with Crippen LogP contribution in [0.5, 0.6) is 0 Å². The standard InChI is InChI=1S/C23H28ClFN4O3S/c1-32-14-13-27-9-11-29(12-10-27)22(30)19-15-33-21(26-19)16-5-7-28(8-6-16)23(31)20-17(24)3-2-4-18(20)25/h2-4,15-16H,5-14H2,1H3. The minimum atomic E-state index is -0.600. The third kappa shape index (κ3) is 5.54. The van der Waals surface area contributed by atoms with Crippen molar-refractivity contribution in [3.8, 4) is 0 Å². The van der Waals surface area contributed by atoms with E-state index >= 15 is 0 Å². The second-order valence-electron chi connectivity index (χ2n) is 8.36. The fourth-order valence-corrected chi connectivity index (χ4v) is 5.53. The van der Waals surface area contributed by atoms with Gasteiger partial charge in [-0.2, -0.15) is 0 Å². The van der Waals surface area contributed by atoms with Crippen LogP contribution in [0.3, 0.4) is 0 Å². The molecule has 10 heteroatoms. The smallest absolute Gasteiger partial charge is 0.273 e. The first kappa shape index (κ1) is 24.1. The van der Waals surface area contributed by atoms with Crippen molar-refractivity contribution in [3.63, 3.8) is 0 Å². The summed E-state index contributed by atoms with van der Waals surface area (Å²) in [5, 5.41) is 2.89. The molecule has 0 N–H and O–H groups in total. The minimum absolute atomic E-state index is 0.0225. The van der Waals surface area contributed by atoms with Gasteiger partial charge in [-0.25, -0.2) is 9.37 Å². The molecule has 2 aliphatic heterocycles. The first-order chi connectivity index (χ1) is 16.0. The molecule has 2 aliphatic rings. The SMILES string of the molecule is COCCN1CCN(C(=O)c2csc(C3CCN(C(=O)c4c(F)cccc4Cl)CC3)n2)CC1. The zero-order valence-corrected chi connectivity index (χ0v) is 20.2. The van der Waals surface area contributed by atoms with Gasteiger partial charge in [-0.15, -0.1) is 11.3 Å². The number of carbonyl (C=O) groups excluding carboxylic acids is 2. The maximum absolute atomic E-state index is 14.1. The number of halogens is 2. The quantitative estimate of drug-likeness (QED) is 0.616. The molecule has 0 unspecified atom stereocenters. The average Bonchev–Trinajstić information content (AvgIpc) is 3.33. The van der Waals surface area contributed by atoms with Gasteiger partial charge < -0.3 is 14.5 Å². The van der Waals surface area contributed by atoms with Crippen LogP contribution in [0.4, 0.5) is 4.39 Å². The number of amides is 2. The summed E-state index contributed by atoms with van der Waals surface area (Å²) < 4.78 is 19.2. The van der Waals surface area contributed by atoms with Crippen LogP contribution < -0.4 is 0 Å². The summed E-state index contributed by atoms with van der Waals surface area (Å²) in [5.41, 5.74) is 0.430. The number of benzene rings is 1. The van der Waals surface area contributed by atoms with E-state index in [0.29, 0.717) is 38.5 Å². The second-order valence-corrected chi connectivity index (χ2v) is 9.66. The summed E-state index contributed by atoms with van der Waals surface area (Å²) in [6, 6.07) is 4.26. The minimum Gasteiger partial charge on any atom is -0.383 e. The summed E-state index contributed by atoms with van der Waals surface area (Å²) in [4.78, 5) is 36.1. The van der Waals surface area contributed by atoms with Crippen molar-refractivity contribution in [2.24, 2.45) is 0 Å². The van der Waals surface area contributed by atoms with E-state index in [9.17, 15) is 14.0 Å². The van der Waals surface area contributed by atoms with E-state index in [1.807, 2.05) is 10.3 Å². The summed E-state index contributed by atoms with van der Waals surface area (Å²) >= 11 is 7.56. The molecule has 0 saturated carbocycles. The molecule has 2 aromatic rings. The van der Waals surface area contributed by atoms with Gasteiger partial charge in [-0.1, -0.05) is 17.7 Å². The summed E-state index contributed by atoms with van der Waals surface area (Å²) in [6.45, 7) is 5.63. The van der Waals surface area contributed by atoms with Gasteiger partial charge in [0.15, 0.2) is 0 Å². The lowest BCUT2D eigenvalue weighted by atomic mass is 9.97. The fourth-order valence-electron chi connectivity index (χ4n) is 4.32. The molecule has 0 atom stereocenters. The molecule has 2 amide bonds.